The summed E-state index contributed by atoms with van der Waals surface area (Å²) in [4.78, 5) is 4.56. The third kappa shape index (κ3) is 4.19. The normalized spacial score (nSPS) is 10.7. The molecule has 0 aliphatic heterocycles. The highest BCUT2D eigenvalue weighted by Crippen LogP contribution is 2.36. The Kier molecular flexibility index (Phi) is 6.03. The largest absolute Gasteiger partial charge is 0.493 e. The van der Waals surface area contributed by atoms with E-state index >= 15 is 0 Å². The van der Waals surface area contributed by atoms with Gasteiger partial charge in [-0.1, -0.05) is 61.8 Å². The number of H-pyrrole nitrogens is 1. The quantitative estimate of drug-likeness (QED) is 0.480. The Morgan fingerprint density at radius 1 is 1.04 bits per heavy atom. The Morgan fingerprint density at radius 2 is 1.76 bits per heavy atom. The van der Waals surface area contributed by atoms with E-state index in [-0.39, 0.29) is 0 Å². The van der Waals surface area contributed by atoms with Crippen molar-refractivity contribution >= 4 is 43.6 Å². The van der Waals surface area contributed by atoms with Gasteiger partial charge in [0.25, 0.3) is 0 Å². The molecule has 1 aromatic heterocycles. The zero-order valence-electron chi connectivity index (χ0n) is 13.5. The maximum absolute atomic E-state index is 5.36. The number of nitrogens with zero attached hydrogens (tertiary/aromatic N) is 2. The van der Waals surface area contributed by atoms with E-state index in [2.05, 4.69) is 47.0 Å². The van der Waals surface area contributed by atoms with Crippen LogP contribution in [0.25, 0.3) is 11.4 Å². The first kappa shape index (κ1) is 18.3. The Hall–Kier alpha value is -1.51. The van der Waals surface area contributed by atoms with E-state index in [0.717, 1.165) is 25.9 Å². The summed E-state index contributed by atoms with van der Waals surface area (Å²) in [6.45, 7) is 0. The zero-order chi connectivity index (χ0) is 17.8. The molecule has 0 aliphatic rings. The van der Waals surface area contributed by atoms with Crippen molar-refractivity contribution < 1.29 is 9.47 Å². The van der Waals surface area contributed by atoms with Crippen molar-refractivity contribution in [3.8, 4) is 22.9 Å². The third-order valence-corrected chi connectivity index (χ3v) is 5.83. The SMILES string of the molecule is COc1cc(Br)c(CSc2n[nH]c(-c3ccccc3Br)n2)cc1OC. The molecule has 130 valence electrons. The summed E-state index contributed by atoms with van der Waals surface area (Å²) < 4.78 is 12.6. The molecule has 0 fully saturated rings. The van der Waals surface area contributed by atoms with Crippen molar-refractivity contribution in [1.82, 2.24) is 15.2 Å². The summed E-state index contributed by atoms with van der Waals surface area (Å²) in [5, 5.41) is 7.96. The number of ether oxygens (including phenoxy) is 2. The van der Waals surface area contributed by atoms with E-state index in [9.17, 15) is 0 Å². The highest BCUT2D eigenvalue weighted by molar-refractivity contribution is 9.10. The minimum atomic E-state index is 0.687. The first-order chi connectivity index (χ1) is 12.1. The summed E-state index contributed by atoms with van der Waals surface area (Å²) in [6, 6.07) is 11.8. The van der Waals surface area contributed by atoms with E-state index in [1.807, 2.05) is 36.4 Å². The maximum Gasteiger partial charge on any atom is 0.209 e. The number of halogens is 2. The Morgan fingerprint density at radius 3 is 2.48 bits per heavy atom. The second-order valence-electron chi connectivity index (χ2n) is 5.03. The fourth-order valence-corrected chi connectivity index (χ4v) is 4.14. The second kappa shape index (κ2) is 8.25. The van der Waals surface area contributed by atoms with Crippen molar-refractivity contribution in [2.45, 2.75) is 10.9 Å². The maximum atomic E-state index is 5.36. The molecule has 0 bridgehead atoms. The molecule has 8 heteroatoms. The van der Waals surface area contributed by atoms with Crippen molar-refractivity contribution in [2.75, 3.05) is 14.2 Å². The van der Waals surface area contributed by atoms with Crippen LogP contribution in [0.3, 0.4) is 0 Å². The Bertz CT molecular complexity index is 886. The van der Waals surface area contributed by atoms with Crippen LogP contribution in [0, 0.1) is 0 Å². The lowest BCUT2D eigenvalue weighted by Crippen LogP contribution is -1.93. The van der Waals surface area contributed by atoms with Gasteiger partial charge in [0.05, 0.1) is 14.2 Å². The van der Waals surface area contributed by atoms with E-state index in [1.165, 1.54) is 0 Å². The molecular weight excluding hydrogens is 470 g/mol. The van der Waals surface area contributed by atoms with Crippen LogP contribution in [0.1, 0.15) is 5.56 Å². The number of thioether (sulfide) groups is 1. The molecule has 3 rings (SSSR count). The topological polar surface area (TPSA) is 60.0 Å². The molecule has 5 nitrogen and oxygen atoms in total. The fraction of sp³-hybridized carbons (Fsp3) is 0.176. The molecule has 3 aromatic rings. The highest BCUT2D eigenvalue weighted by atomic mass is 79.9. The van der Waals surface area contributed by atoms with Crippen LogP contribution >= 0.6 is 43.6 Å². The van der Waals surface area contributed by atoms with Crippen molar-refractivity contribution in [3.63, 3.8) is 0 Å². The van der Waals surface area contributed by atoms with Gasteiger partial charge in [-0.25, -0.2) is 4.98 Å². The molecule has 0 unspecified atom stereocenters. The molecule has 25 heavy (non-hydrogen) atoms. The van der Waals surface area contributed by atoms with Crippen LogP contribution in [0.5, 0.6) is 11.5 Å². The molecule has 2 aromatic carbocycles. The molecule has 0 saturated carbocycles. The van der Waals surface area contributed by atoms with Gasteiger partial charge < -0.3 is 9.47 Å². The lowest BCUT2D eigenvalue weighted by atomic mass is 10.2. The van der Waals surface area contributed by atoms with Gasteiger partial charge in [0.1, 0.15) is 0 Å². The lowest BCUT2D eigenvalue weighted by molar-refractivity contribution is 0.354. The van der Waals surface area contributed by atoms with Gasteiger partial charge in [-0.05, 0) is 23.8 Å². The van der Waals surface area contributed by atoms with Gasteiger partial charge in [0.2, 0.25) is 5.16 Å². The van der Waals surface area contributed by atoms with Crippen LogP contribution in [-0.4, -0.2) is 29.4 Å². The summed E-state index contributed by atoms with van der Waals surface area (Å²) in [5.41, 5.74) is 2.06. The monoisotopic (exact) mass is 483 g/mol. The second-order valence-corrected chi connectivity index (χ2v) is 7.68. The predicted octanol–water partition coefficient (Wildman–Crippen LogP) is 5.31. The standard InChI is InChI=1S/C17H15Br2N3O2S/c1-23-14-7-10(13(19)8-15(14)24-2)9-25-17-20-16(21-22-17)11-5-3-4-6-12(11)18/h3-8H,9H2,1-2H3,(H,20,21,22). The number of aromatic nitrogens is 3. The third-order valence-electron chi connectivity index (χ3n) is 3.50. The first-order valence-corrected chi connectivity index (χ1v) is 9.90. The number of hydrogen-bond acceptors (Lipinski definition) is 5. The zero-order valence-corrected chi connectivity index (χ0v) is 17.5. The minimum absolute atomic E-state index is 0.687. The van der Waals surface area contributed by atoms with Crippen LogP contribution in [0.4, 0.5) is 0 Å². The van der Waals surface area contributed by atoms with E-state index in [4.69, 9.17) is 9.47 Å². The molecule has 0 spiro atoms. The molecule has 0 radical (unpaired) electrons. The van der Waals surface area contributed by atoms with Gasteiger partial charge >= 0.3 is 0 Å². The molecular formula is C17H15Br2N3O2S. The lowest BCUT2D eigenvalue weighted by Gasteiger charge is -2.11. The summed E-state index contributed by atoms with van der Waals surface area (Å²) in [5.74, 6) is 2.83. The Balaban J connectivity index is 1.76. The highest BCUT2D eigenvalue weighted by Gasteiger charge is 2.12. The van der Waals surface area contributed by atoms with E-state index in [0.29, 0.717) is 22.4 Å². The molecule has 0 aliphatic carbocycles. The van der Waals surface area contributed by atoms with E-state index in [1.54, 1.807) is 26.0 Å². The average molecular weight is 485 g/mol. The number of rotatable bonds is 6. The van der Waals surface area contributed by atoms with Crippen molar-refractivity contribution in [2.24, 2.45) is 0 Å². The van der Waals surface area contributed by atoms with Gasteiger partial charge in [-0.2, -0.15) is 0 Å². The summed E-state index contributed by atoms with van der Waals surface area (Å²) in [7, 11) is 3.25. The van der Waals surface area contributed by atoms with Crippen molar-refractivity contribution in [1.29, 1.82) is 0 Å². The Labute approximate surface area is 166 Å². The van der Waals surface area contributed by atoms with Gasteiger partial charge in [0, 0.05) is 20.3 Å². The van der Waals surface area contributed by atoms with Gasteiger partial charge in [-0.3, -0.25) is 5.10 Å². The number of nitrogens with one attached hydrogen (secondary N) is 1. The number of hydrogen-bond donors (Lipinski definition) is 1. The molecule has 0 atom stereocenters. The summed E-state index contributed by atoms with van der Waals surface area (Å²) >= 11 is 8.65. The number of methoxy groups -OCH3 is 2. The number of benzene rings is 2. The molecule has 1 heterocycles. The fourth-order valence-electron chi connectivity index (χ4n) is 2.23. The van der Waals surface area contributed by atoms with Crippen LogP contribution in [0.2, 0.25) is 0 Å². The van der Waals surface area contributed by atoms with Crippen molar-refractivity contribution in [3.05, 3.63) is 50.9 Å². The van der Waals surface area contributed by atoms with Crippen LogP contribution in [0.15, 0.2) is 50.5 Å². The molecule has 0 amide bonds. The predicted molar refractivity (Wildman–Crippen MR) is 106 cm³/mol. The molecule has 0 saturated heterocycles. The smallest absolute Gasteiger partial charge is 0.209 e. The van der Waals surface area contributed by atoms with Gasteiger partial charge in [-0.15, -0.1) is 5.10 Å². The summed E-state index contributed by atoms with van der Waals surface area (Å²) in [6.07, 6.45) is 0. The van der Waals surface area contributed by atoms with Crippen LogP contribution < -0.4 is 9.47 Å². The minimum Gasteiger partial charge on any atom is -0.493 e. The first-order valence-electron chi connectivity index (χ1n) is 7.33. The van der Waals surface area contributed by atoms with Gasteiger partial charge in [0.15, 0.2) is 17.3 Å². The van der Waals surface area contributed by atoms with E-state index < -0.39 is 0 Å². The molecule has 1 N–H and O–H groups in total. The number of aromatic amines is 1. The van der Waals surface area contributed by atoms with Crippen LogP contribution in [-0.2, 0) is 5.75 Å². The average Bonchev–Trinajstić information content (AvgIpc) is 3.09.